The number of rotatable bonds is 8. The van der Waals surface area contributed by atoms with Gasteiger partial charge in [-0.2, -0.15) is 0 Å². The van der Waals surface area contributed by atoms with Crippen LogP contribution in [0.4, 0.5) is 9.52 Å². The molecule has 2 aromatic carbocycles. The Balaban J connectivity index is 1.40. The van der Waals surface area contributed by atoms with Gasteiger partial charge in [0, 0.05) is 12.3 Å². The Bertz CT molecular complexity index is 808. The van der Waals surface area contributed by atoms with Gasteiger partial charge >= 0.3 is 0 Å². The quantitative estimate of drug-likeness (QED) is 0.454. The molecule has 0 spiro atoms. The van der Waals surface area contributed by atoms with E-state index in [2.05, 4.69) is 15.5 Å². The Hall–Kier alpha value is -2.12. The molecular formula is C18H18FN3OS2. The number of hydrogen-bond donors (Lipinski definition) is 1. The number of aryl methyl sites for hydroxylation is 1. The lowest BCUT2D eigenvalue weighted by molar-refractivity contribution is 0.343. The van der Waals surface area contributed by atoms with Crippen molar-refractivity contribution in [1.29, 1.82) is 0 Å². The molecule has 3 rings (SSSR count). The van der Waals surface area contributed by atoms with Crippen LogP contribution in [0.5, 0.6) is 5.75 Å². The molecule has 0 saturated carbocycles. The summed E-state index contributed by atoms with van der Waals surface area (Å²) in [7, 11) is 0. The molecule has 0 aliphatic heterocycles. The van der Waals surface area contributed by atoms with Crippen LogP contribution in [0.25, 0.3) is 0 Å². The highest BCUT2D eigenvalue weighted by Gasteiger charge is 2.05. The van der Waals surface area contributed by atoms with Crippen LogP contribution in [-0.4, -0.2) is 22.6 Å². The molecule has 1 N–H and O–H groups in total. The Morgan fingerprint density at radius 3 is 2.80 bits per heavy atom. The summed E-state index contributed by atoms with van der Waals surface area (Å²) in [6.45, 7) is 3.26. The van der Waals surface area contributed by atoms with Crippen LogP contribution in [0, 0.1) is 12.7 Å². The number of nitrogens with one attached hydrogen (secondary N) is 1. The number of thioether (sulfide) groups is 1. The van der Waals surface area contributed by atoms with E-state index in [0.717, 1.165) is 26.5 Å². The molecule has 130 valence electrons. The standard InChI is InChI=1S/C18H18FN3OS2/c1-13-3-2-4-16(11-13)23-9-10-24-18-22-21-17(25-18)20-12-14-5-7-15(19)8-6-14/h2-8,11H,9-10,12H2,1H3,(H,20,21). The molecule has 0 saturated heterocycles. The lowest BCUT2D eigenvalue weighted by atomic mass is 10.2. The van der Waals surface area contributed by atoms with Crippen molar-refractivity contribution in [3.05, 3.63) is 65.5 Å². The van der Waals surface area contributed by atoms with Crippen molar-refractivity contribution in [2.24, 2.45) is 0 Å². The number of anilines is 1. The van der Waals surface area contributed by atoms with E-state index in [9.17, 15) is 4.39 Å². The molecule has 0 aliphatic carbocycles. The lowest BCUT2D eigenvalue weighted by Gasteiger charge is -2.05. The summed E-state index contributed by atoms with van der Waals surface area (Å²) >= 11 is 3.12. The van der Waals surface area contributed by atoms with Gasteiger partial charge in [0.2, 0.25) is 5.13 Å². The summed E-state index contributed by atoms with van der Waals surface area (Å²) in [5.41, 5.74) is 2.18. The fourth-order valence-electron chi connectivity index (χ4n) is 2.11. The minimum Gasteiger partial charge on any atom is -0.493 e. The van der Waals surface area contributed by atoms with E-state index < -0.39 is 0 Å². The summed E-state index contributed by atoms with van der Waals surface area (Å²) in [6.07, 6.45) is 0. The number of benzene rings is 2. The van der Waals surface area contributed by atoms with E-state index in [-0.39, 0.29) is 5.82 Å². The fraction of sp³-hybridized carbons (Fsp3) is 0.222. The predicted octanol–water partition coefficient (Wildman–Crippen LogP) is 4.77. The molecule has 0 radical (unpaired) electrons. The zero-order chi connectivity index (χ0) is 17.5. The second-order valence-corrected chi connectivity index (χ2v) is 7.69. The van der Waals surface area contributed by atoms with Crippen LogP contribution in [0.2, 0.25) is 0 Å². The number of halogens is 1. The van der Waals surface area contributed by atoms with Gasteiger partial charge in [-0.15, -0.1) is 10.2 Å². The van der Waals surface area contributed by atoms with Gasteiger partial charge in [-0.1, -0.05) is 47.4 Å². The topological polar surface area (TPSA) is 47.0 Å². The fourth-order valence-corrected chi connectivity index (χ4v) is 3.75. The van der Waals surface area contributed by atoms with Crippen LogP contribution in [-0.2, 0) is 6.54 Å². The highest BCUT2D eigenvalue weighted by atomic mass is 32.2. The van der Waals surface area contributed by atoms with Crippen molar-refractivity contribution in [2.75, 3.05) is 17.7 Å². The Kier molecular flexibility index (Phi) is 6.25. The van der Waals surface area contributed by atoms with E-state index >= 15 is 0 Å². The molecule has 1 heterocycles. The van der Waals surface area contributed by atoms with Gasteiger partial charge in [0.25, 0.3) is 0 Å². The SMILES string of the molecule is Cc1cccc(OCCSc2nnc(NCc3ccc(F)cc3)s2)c1. The molecule has 7 heteroatoms. The molecule has 4 nitrogen and oxygen atoms in total. The molecule has 0 aliphatic rings. The van der Waals surface area contributed by atoms with Gasteiger partial charge in [-0.05, 0) is 42.3 Å². The van der Waals surface area contributed by atoms with Crippen LogP contribution in [0.15, 0.2) is 52.9 Å². The second kappa shape index (κ2) is 8.82. The minimum atomic E-state index is -0.230. The molecule has 0 unspecified atom stereocenters. The van der Waals surface area contributed by atoms with E-state index in [1.165, 1.54) is 29.0 Å². The van der Waals surface area contributed by atoms with E-state index in [0.29, 0.717) is 13.2 Å². The smallest absolute Gasteiger partial charge is 0.206 e. The average Bonchev–Trinajstić information content (AvgIpc) is 3.06. The van der Waals surface area contributed by atoms with Crippen molar-refractivity contribution in [3.63, 3.8) is 0 Å². The van der Waals surface area contributed by atoms with Gasteiger partial charge in [0.05, 0.1) is 6.61 Å². The predicted molar refractivity (Wildman–Crippen MR) is 101 cm³/mol. The third kappa shape index (κ3) is 5.72. The van der Waals surface area contributed by atoms with Crippen molar-refractivity contribution in [3.8, 4) is 5.75 Å². The maximum absolute atomic E-state index is 12.9. The first-order valence-electron chi connectivity index (χ1n) is 7.83. The highest BCUT2D eigenvalue weighted by molar-refractivity contribution is 8.01. The van der Waals surface area contributed by atoms with Crippen LogP contribution in [0.3, 0.4) is 0 Å². The normalized spacial score (nSPS) is 10.6. The summed E-state index contributed by atoms with van der Waals surface area (Å²) in [5.74, 6) is 1.46. The molecule has 0 fully saturated rings. The minimum absolute atomic E-state index is 0.230. The maximum atomic E-state index is 12.9. The maximum Gasteiger partial charge on any atom is 0.206 e. The van der Waals surface area contributed by atoms with Crippen molar-refractivity contribution >= 4 is 28.2 Å². The number of hydrogen-bond acceptors (Lipinski definition) is 6. The van der Waals surface area contributed by atoms with E-state index in [1.807, 2.05) is 31.2 Å². The Morgan fingerprint density at radius 1 is 1.16 bits per heavy atom. The molecular weight excluding hydrogens is 357 g/mol. The van der Waals surface area contributed by atoms with Gasteiger partial charge < -0.3 is 10.1 Å². The summed E-state index contributed by atoms with van der Waals surface area (Å²) in [4.78, 5) is 0. The van der Waals surface area contributed by atoms with Crippen molar-refractivity contribution in [2.45, 2.75) is 17.8 Å². The monoisotopic (exact) mass is 375 g/mol. The third-order valence-electron chi connectivity index (χ3n) is 3.33. The molecule has 1 aromatic heterocycles. The zero-order valence-corrected chi connectivity index (χ0v) is 15.4. The molecule has 3 aromatic rings. The summed E-state index contributed by atoms with van der Waals surface area (Å²) in [6, 6.07) is 14.4. The largest absolute Gasteiger partial charge is 0.493 e. The Morgan fingerprint density at radius 2 is 2.00 bits per heavy atom. The number of aromatic nitrogens is 2. The molecule has 0 bridgehead atoms. The first-order valence-corrected chi connectivity index (χ1v) is 9.63. The van der Waals surface area contributed by atoms with Gasteiger partial charge in [0.15, 0.2) is 4.34 Å². The first-order chi connectivity index (χ1) is 12.2. The summed E-state index contributed by atoms with van der Waals surface area (Å²) < 4.78 is 19.5. The molecule has 0 atom stereocenters. The number of ether oxygens (including phenoxy) is 1. The van der Waals surface area contributed by atoms with E-state index in [4.69, 9.17) is 4.74 Å². The van der Waals surface area contributed by atoms with Gasteiger partial charge in [-0.3, -0.25) is 0 Å². The third-order valence-corrected chi connectivity index (χ3v) is 5.31. The lowest BCUT2D eigenvalue weighted by Crippen LogP contribution is -1.99. The van der Waals surface area contributed by atoms with E-state index in [1.54, 1.807) is 23.9 Å². The van der Waals surface area contributed by atoms with Crippen molar-refractivity contribution in [1.82, 2.24) is 10.2 Å². The highest BCUT2D eigenvalue weighted by Crippen LogP contribution is 2.26. The average molecular weight is 375 g/mol. The second-order valence-electron chi connectivity index (χ2n) is 5.37. The van der Waals surface area contributed by atoms with Gasteiger partial charge in [0.1, 0.15) is 11.6 Å². The molecule has 0 amide bonds. The van der Waals surface area contributed by atoms with Crippen LogP contribution in [0.1, 0.15) is 11.1 Å². The number of nitrogens with zero attached hydrogens (tertiary/aromatic N) is 2. The van der Waals surface area contributed by atoms with Crippen molar-refractivity contribution < 1.29 is 9.13 Å². The Labute approximate surface area is 154 Å². The van der Waals surface area contributed by atoms with Gasteiger partial charge in [-0.25, -0.2) is 4.39 Å². The zero-order valence-electron chi connectivity index (χ0n) is 13.7. The molecule has 25 heavy (non-hydrogen) atoms. The summed E-state index contributed by atoms with van der Waals surface area (Å²) in [5, 5.41) is 12.2. The van der Waals surface area contributed by atoms with Crippen LogP contribution < -0.4 is 10.1 Å². The first kappa shape index (κ1) is 17.7. The van der Waals surface area contributed by atoms with Crippen LogP contribution >= 0.6 is 23.1 Å².